The fourth-order valence-electron chi connectivity index (χ4n) is 2.15. The number of anilines is 1. The molecular formula is C14H13N3O3S. The highest BCUT2D eigenvalue weighted by Gasteiger charge is 2.16. The summed E-state index contributed by atoms with van der Waals surface area (Å²) in [5, 5.41) is 15.2. The lowest BCUT2D eigenvalue weighted by molar-refractivity contribution is -0.383. The van der Waals surface area contributed by atoms with Crippen LogP contribution in [0.3, 0.4) is 0 Å². The summed E-state index contributed by atoms with van der Waals surface area (Å²) in [6.07, 6.45) is 2.28. The molecule has 0 unspecified atom stereocenters. The largest absolute Gasteiger partial charge is 0.469 e. The Morgan fingerprint density at radius 2 is 2.33 bits per heavy atom. The molecule has 0 saturated heterocycles. The molecule has 0 bridgehead atoms. The maximum Gasteiger partial charge on any atom is 0.293 e. The molecule has 7 heteroatoms. The van der Waals surface area contributed by atoms with Crippen LogP contribution in [0.15, 0.2) is 34.9 Å². The number of thiazole rings is 1. The SMILES string of the molecule is Cc1nc2cc(NCCc3ccco3)c([N+](=O)[O-])cc2s1. The van der Waals surface area contributed by atoms with Gasteiger partial charge in [-0.15, -0.1) is 11.3 Å². The number of nitro benzene ring substituents is 1. The van der Waals surface area contributed by atoms with Gasteiger partial charge in [0, 0.05) is 19.0 Å². The molecule has 1 aromatic carbocycles. The van der Waals surface area contributed by atoms with E-state index >= 15 is 0 Å². The Balaban J connectivity index is 1.84. The van der Waals surface area contributed by atoms with Gasteiger partial charge in [0.1, 0.15) is 11.4 Å². The highest BCUT2D eigenvalue weighted by atomic mass is 32.1. The summed E-state index contributed by atoms with van der Waals surface area (Å²) >= 11 is 1.46. The lowest BCUT2D eigenvalue weighted by Crippen LogP contribution is -2.06. The van der Waals surface area contributed by atoms with Crippen molar-refractivity contribution in [3.8, 4) is 0 Å². The number of nitro groups is 1. The first kappa shape index (κ1) is 13.6. The molecule has 3 rings (SSSR count). The van der Waals surface area contributed by atoms with Crippen molar-refractivity contribution >= 4 is 32.9 Å². The maximum absolute atomic E-state index is 11.2. The average Bonchev–Trinajstić information content (AvgIpc) is 3.05. The summed E-state index contributed by atoms with van der Waals surface area (Å²) in [5.41, 5.74) is 1.35. The van der Waals surface area contributed by atoms with Crippen LogP contribution in [0.2, 0.25) is 0 Å². The van der Waals surface area contributed by atoms with Crippen LogP contribution in [-0.2, 0) is 6.42 Å². The number of fused-ring (bicyclic) bond motifs is 1. The molecule has 6 nitrogen and oxygen atoms in total. The molecule has 108 valence electrons. The Morgan fingerprint density at radius 1 is 1.48 bits per heavy atom. The van der Waals surface area contributed by atoms with Gasteiger partial charge in [-0.25, -0.2) is 4.98 Å². The van der Waals surface area contributed by atoms with Crippen molar-refractivity contribution in [1.29, 1.82) is 0 Å². The number of rotatable bonds is 5. The second-order valence-electron chi connectivity index (χ2n) is 4.58. The molecule has 3 aromatic rings. The number of benzene rings is 1. The van der Waals surface area contributed by atoms with Crippen molar-refractivity contribution in [2.45, 2.75) is 13.3 Å². The number of aromatic nitrogens is 1. The second kappa shape index (κ2) is 5.53. The third-order valence-corrected chi connectivity index (χ3v) is 4.01. The van der Waals surface area contributed by atoms with E-state index in [0.29, 0.717) is 18.7 Å². The number of furan rings is 1. The van der Waals surface area contributed by atoms with Crippen molar-refractivity contribution in [3.05, 3.63) is 51.4 Å². The summed E-state index contributed by atoms with van der Waals surface area (Å²) in [7, 11) is 0. The van der Waals surface area contributed by atoms with E-state index < -0.39 is 0 Å². The molecule has 1 N–H and O–H groups in total. The smallest absolute Gasteiger partial charge is 0.293 e. The van der Waals surface area contributed by atoms with Crippen LogP contribution in [0.4, 0.5) is 11.4 Å². The fraction of sp³-hybridized carbons (Fsp3) is 0.214. The molecule has 0 aliphatic heterocycles. The molecule has 0 fully saturated rings. The van der Waals surface area contributed by atoms with Crippen molar-refractivity contribution in [3.63, 3.8) is 0 Å². The normalized spacial score (nSPS) is 10.9. The highest BCUT2D eigenvalue weighted by molar-refractivity contribution is 7.18. The molecule has 0 radical (unpaired) electrons. The van der Waals surface area contributed by atoms with E-state index in [4.69, 9.17) is 4.42 Å². The van der Waals surface area contributed by atoms with Gasteiger partial charge >= 0.3 is 0 Å². The van der Waals surface area contributed by atoms with Gasteiger partial charge in [-0.3, -0.25) is 10.1 Å². The molecule has 0 saturated carbocycles. The van der Waals surface area contributed by atoms with Gasteiger partial charge in [0.05, 0.1) is 26.4 Å². The molecule has 0 spiro atoms. The Hall–Kier alpha value is -2.41. The molecular weight excluding hydrogens is 290 g/mol. The monoisotopic (exact) mass is 303 g/mol. The van der Waals surface area contributed by atoms with Crippen molar-refractivity contribution < 1.29 is 9.34 Å². The topological polar surface area (TPSA) is 81.2 Å². The highest BCUT2D eigenvalue weighted by Crippen LogP contribution is 2.32. The molecule has 0 aliphatic rings. The quantitative estimate of drug-likeness (QED) is 0.573. The van der Waals surface area contributed by atoms with Gasteiger partial charge in [-0.1, -0.05) is 0 Å². The zero-order valence-electron chi connectivity index (χ0n) is 11.3. The summed E-state index contributed by atoms with van der Waals surface area (Å²) in [6, 6.07) is 7.01. The summed E-state index contributed by atoms with van der Waals surface area (Å²) < 4.78 is 6.07. The van der Waals surface area contributed by atoms with Crippen molar-refractivity contribution in [1.82, 2.24) is 4.98 Å². The van der Waals surface area contributed by atoms with Gasteiger partial charge in [0.25, 0.3) is 5.69 Å². The van der Waals surface area contributed by atoms with Crippen LogP contribution in [0.25, 0.3) is 10.2 Å². The predicted molar refractivity (Wildman–Crippen MR) is 81.9 cm³/mol. The third-order valence-electron chi connectivity index (χ3n) is 3.08. The third kappa shape index (κ3) is 2.87. The van der Waals surface area contributed by atoms with E-state index in [-0.39, 0.29) is 10.6 Å². The molecule has 21 heavy (non-hydrogen) atoms. The Kier molecular flexibility index (Phi) is 3.57. The van der Waals surface area contributed by atoms with Crippen LogP contribution in [0, 0.1) is 17.0 Å². The molecule has 2 heterocycles. The fourth-order valence-corrected chi connectivity index (χ4v) is 2.99. The Bertz CT molecular complexity index is 780. The van der Waals surface area contributed by atoms with Crippen LogP contribution < -0.4 is 5.32 Å². The Morgan fingerprint density at radius 3 is 3.05 bits per heavy atom. The number of aryl methyl sites for hydroxylation is 1. The lowest BCUT2D eigenvalue weighted by Gasteiger charge is -2.06. The van der Waals surface area contributed by atoms with Gasteiger partial charge in [-0.2, -0.15) is 0 Å². The zero-order chi connectivity index (χ0) is 14.8. The maximum atomic E-state index is 11.2. The van der Waals surface area contributed by atoms with Gasteiger partial charge in [0.15, 0.2) is 0 Å². The first-order valence-electron chi connectivity index (χ1n) is 6.45. The van der Waals surface area contributed by atoms with Crippen LogP contribution in [0.1, 0.15) is 10.8 Å². The minimum atomic E-state index is -0.371. The zero-order valence-corrected chi connectivity index (χ0v) is 12.1. The van der Waals surface area contributed by atoms with E-state index in [1.807, 2.05) is 19.1 Å². The van der Waals surface area contributed by atoms with Gasteiger partial charge < -0.3 is 9.73 Å². The van der Waals surface area contributed by atoms with Crippen LogP contribution in [0.5, 0.6) is 0 Å². The van der Waals surface area contributed by atoms with E-state index in [9.17, 15) is 10.1 Å². The Labute approximate surface area is 124 Å². The summed E-state index contributed by atoms with van der Waals surface area (Å²) in [6.45, 7) is 2.45. The van der Waals surface area contributed by atoms with E-state index in [1.54, 1.807) is 18.4 Å². The predicted octanol–water partition coefficient (Wildman–Crippen LogP) is 3.76. The van der Waals surface area contributed by atoms with E-state index in [2.05, 4.69) is 10.3 Å². The van der Waals surface area contributed by atoms with Crippen molar-refractivity contribution in [2.75, 3.05) is 11.9 Å². The van der Waals surface area contributed by atoms with Crippen LogP contribution in [-0.4, -0.2) is 16.5 Å². The second-order valence-corrected chi connectivity index (χ2v) is 5.82. The minimum Gasteiger partial charge on any atom is -0.469 e. The number of hydrogen-bond donors (Lipinski definition) is 1. The molecule has 0 amide bonds. The van der Waals surface area contributed by atoms with Crippen LogP contribution >= 0.6 is 11.3 Å². The number of nitrogens with one attached hydrogen (secondary N) is 1. The number of nitrogens with zero attached hydrogens (tertiary/aromatic N) is 2. The van der Waals surface area contributed by atoms with Gasteiger partial charge in [-0.05, 0) is 25.1 Å². The van der Waals surface area contributed by atoms with Gasteiger partial charge in [0.2, 0.25) is 0 Å². The standard InChI is InChI=1S/C14H13N3O3S/c1-9-16-12-7-11(13(17(18)19)8-14(12)21-9)15-5-4-10-3-2-6-20-10/h2-3,6-8,15H,4-5H2,1H3. The number of hydrogen-bond acceptors (Lipinski definition) is 6. The summed E-state index contributed by atoms with van der Waals surface area (Å²) in [4.78, 5) is 15.2. The first-order chi connectivity index (χ1) is 10.1. The summed E-state index contributed by atoms with van der Waals surface area (Å²) in [5.74, 6) is 0.843. The first-order valence-corrected chi connectivity index (χ1v) is 7.27. The molecule has 0 atom stereocenters. The average molecular weight is 303 g/mol. The van der Waals surface area contributed by atoms with E-state index in [0.717, 1.165) is 21.0 Å². The van der Waals surface area contributed by atoms with Crippen molar-refractivity contribution in [2.24, 2.45) is 0 Å². The minimum absolute atomic E-state index is 0.0746. The molecule has 0 aliphatic carbocycles. The molecule has 2 aromatic heterocycles. The lowest BCUT2D eigenvalue weighted by atomic mass is 10.2. The van der Waals surface area contributed by atoms with E-state index in [1.165, 1.54) is 11.3 Å².